The van der Waals surface area contributed by atoms with Gasteiger partial charge in [-0.15, -0.1) is 0 Å². The predicted molar refractivity (Wildman–Crippen MR) is 100 cm³/mol. The molecule has 0 radical (unpaired) electrons. The predicted octanol–water partition coefficient (Wildman–Crippen LogP) is 3.01. The molecule has 4 rings (SSSR count). The summed E-state index contributed by atoms with van der Waals surface area (Å²) in [5, 5.41) is 0. The molecular weight excluding hydrogens is 326 g/mol. The van der Waals surface area contributed by atoms with Crippen molar-refractivity contribution in [2.45, 2.75) is 24.4 Å². The zero-order valence-electron chi connectivity index (χ0n) is 15.2. The fraction of sp³-hybridized carbons (Fsp3) is 0.409. The summed E-state index contributed by atoms with van der Waals surface area (Å²) in [5.41, 5.74) is 0.743. The lowest BCUT2D eigenvalue weighted by Gasteiger charge is -2.34. The van der Waals surface area contributed by atoms with Gasteiger partial charge in [-0.1, -0.05) is 60.7 Å². The summed E-state index contributed by atoms with van der Waals surface area (Å²) >= 11 is 0. The smallest absolute Gasteiger partial charge is 0.321 e. The van der Waals surface area contributed by atoms with E-state index in [1.54, 1.807) is 0 Å². The Morgan fingerprint density at radius 2 is 1.46 bits per heavy atom. The number of hydrogen-bond donors (Lipinski definition) is 0. The minimum absolute atomic E-state index is 0.148. The fourth-order valence-corrected chi connectivity index (χ4v) is 4.35. The fourth-order valence-electron chi connectivity index (χ4n) is 4.35. The molecule has 2 saturated heterocycles. The quantitative estimate of drug-likeness (QED) is 0.794. The molecule has 2 aromatic carbocycles. The van der Waals surface area contributed by atoms with Crippen molar-refractivity contribution in [3.05, 3.63) is 71.8 Å². The Kier molecular flexibility index (Phi) is 4.55. The molecule has 0 saturated carbocycles. The van der Waals surface area contributed by atoms with Crippen molar-refractivity contribution < 1.29 is 14.3 Å². The Morgan fingerprint density at radius 1 is 0.923 bits per heavy atom. The first-order valence-electron chi connectivity index (χ1n) is 9.27. The van der Waals surface area contributed by atoms with Gasteiger partial charge in [0, 0.05) is 26.1 Å². The third kappa shape index (κ3) is 3.04. The number of carbonyl (C=O) groups is 1. The van der Waals surface area contributed by atoms with E-state index in [0.29, 0.717) is 6.42 Å². The molecule has 0 aromatic heterocycles. The van der Waals surface area contributed by atoms with Gasteiger partial charge in [0.2, 0.25) is 0 Å². The molecule has 136 valence electrons. The molecule has 1 atom stereocenters. The molecule has 2 fully saturated rings. The monoisotopic (exact) mass is 351 g/mol. The number of esters is 1. The Hall–Kier alpha value is -2.17. The van der Waals surface area contributed by atoms with Crippen molar-refractivity contribution in [3.63, 3.8) is 0 Å². The molecule has 26 heavy (non-hydrogen) atoms. The second kappa shape index (κ2) is 6.86. The number of morpholine rings is 1. The van der Waals surface area contributed by atoms with Crippen LogP contribution >= 0.6 is 0 Å². The van der Waals surface area contributed by atoms with Crippen molar-refractivity contribution in [2.24, 2.45) is 0 Å². The van der Waals surface area contributed by atoms with Crippen molar-refractivity contribution in [3.8, 4) is 0 Å². The normalized spacial score (nSPS) is 25.8. The molecule has 1 unspecified atom stereocenters. The van der Waals surface area contributed by atoms with Crippen LogP contribution in [0, 0.1) is 0 Å². The Morgan fingerprint density at radius 3 is 2.00 bits per heavy atom. The number of carbonyl (C=O) groups excluding carboxylic acids is 1. The maximum atomic E-state index is 13.3. The third-order valence-corrected chi connectivity index (χ3v) is 5.52. The van der Waals surface area contributed by atoms with E-state index in [1.807, 2.05) is 60.7 Å². The summed E-state index contributed by atoms with van der Waals surface area (Å²) in [6.45, 7) is 6.06. The van der Waals surface area contributed by atoms with E-state index in [4.69, 9.17) is 9.47 Å². The van der Waals surface area contributed by atoms with Crippen molar-refractivity contribution in [1.82, 2.24) is 4.90 Å². The Bertz CT molecular complexity index is 716. The molecule has 0 N–H and O–H groups in total. The van der Waals surface area contributed by atoms with Gasteiger partial charge in [0.25, 0.3) is 0 Å². The molecule has 2 heterocycles. The minimum atomic E-state index is -0.746. The molecule has 2 aliphatic heterocycles. The average molecular weight is 351 g/mol. The highest BCUT2D eigenvalue weighted by Gasteiger charge is 2.56. The van der Waals surface area contributed by atoms with Crippen LogP contribution in [0.4, 0.5) is 0 Å². The number of rotatable bonds is 4. The highest BCUT2D eigenvalue weighted by molar-refractivity contribution is 5.90. The van der Waals surface area contributed by atoms with Gasteiger partial charge in [-0.2, -0.15) is 0 Å². The summed E-state index contributed by atoms with van der Waals surface area (Å²) < 4.78 is 11.5. The number of hydrogen-bond acceptors (Lipinski definition) is 4. The molecular formula is C22H25NO3. The Balaban J connectivity index is 1.71. The second-order valence-corrected chi connectivity index (χ2v) is 7.54. The van der Waals surface area contributed by atoms with Gasteiger partial charge < -0.3 is 9.47 Å². The van der Waals surface area contributed by atoms with Crippen LogP contribution in [0.3, 0.4) is 0 Å². The number of cyclic esters (lactones) is 1. The summed E-state index contributed by atoms with van der Waals surface area (Å²) in [6, 6.07) is 20.1. The standard InChI is InChI=1S/C22H25NO3/c1-21(17-23-12-14-25-15-13-23)16-22(20(24)26-21,18-8-4-2-5-9-18)19-10-6-3-7-11-19/h2-11H,12-17H2,1H3. The van der Waals surface area contributed by atoms with E-state index in [1.165, 1.54) is 0 Å². The zero-order chi connectivity index (χ0) is 18.0. The van der Waals surface area contributed by atoms with E-state index < -0.39 is 11.0 Å². The highest BCUT2D eigenvalue weighted by Crippen LogP contribution is 2.47. The number of benzene rings is 2. The van der Waals surface area contributed by atoms with Gasteiger partial charge in [-0.25, -0.2) is 0 Å². The van der Waals surface area contributed by atoms with E-state index in [9.17, 15) is 4.79 Å². The van der Waals surface area contributed by atoms with Gasteiger partial charge in [0.1, 0.15) is 11.0 Å². The van der Waals surface area contributed by atoms with Crippen LogP contribution < -0.4 is 0 Å². The van der Waals surface area contributed by atoms with Crippen LogP contribution in [-0.4, -0.2) is 49.3 Å². The van der Waals surface area contributed by atoms with Gasteiger partial charge in [0.05, 0.1) is 13.2 Å². The third-order valence-electron chi connectivity index (χ3n) is 5.52. The molecule has 4 nitrogen and oxygen atoms in total. The molecule has 2 aliphatic rings. The van der Waals surface area contributed by atoms with Crippen LogP contribution in [0.5, 0.6) is 0 Å². The molecule has 0 bridgehead atoms. The van der Waals surface area contributed by atoms with Crippen LogP contribution in [0.2, 0.25) is 0 Å². The molecule has 0 amide bonds. The topological polar surface area (TPSA) is 38.8 Å². The van der Waals surface area contributed by atoms with E-state index >= 15 is 0 Å². The van der Waals surface area contributed by atoms with Gasteiger partial charge >= 0.3 is 5.97 Å². The summed E-state index contributed by atoms with van der Waals surface area (Å²) in [5.74, 6) is -0.148. The minimum Gasteiger partial charge on any atom is -0.457 e. The van der Waals surface area contributed by atoms with Crippen LogP contribution in [0.25, 0.3) is 0 Å². The van der Waals surface area contributed by atoms with E-state index in [2.05, 4.69) is 11.8 Å². The van der Waals surface area contributed by atoms with Gasteiger partial charge in [-0.05, 0) is 18.1 Å². The van der Waals surface area contributed by atoms with Crippen molar-refractivity contribution in [2.75, 3.05) is 32.8 Å². The first-order chi connectivity index (χ1) is 12.6. The van der Waals surface area contributed by atoms with Crippen LogP contribution in [0.1, 0.15) is 24.5 Å². The largest absolute Gasteiger partial charge is 0.457 e. The molecule has 2 aromatic rings. The molecule has 0 spiro atoms. The lowest BCUT2D eigenvalue weighted by Crippen LogP contribution is -2.46. The summed E-state index contributed by atoms with van der Waals surface area (Å²) in [6.07, 6.45) is 0.643. The van der Waals surface area contributed by atoms with Crippen LogP contribution in [0.15, 0.2) is 60.7 Å². The number of ether oxygens (including phenoxy) is 2. The van der Waals surface area contributed by atoms with E-state index in [0.717, 1.165) is 44.0 Å². The average Bonchev–Trinajstić information content (AvgIpc) is 2.95. The first kappa shape index (κ1) is 17.3. The zero-order valence-corrected chi connectivity index (χ0v) is 15.2. The van der Waals surface area contributed by atoms with Gasteiger partial charge in [0.15, 0.2) is 0 Å². The first-order valence-corrected chi connectivity index (χ1v) is 9.27. The number of nitrogens with zero attached hydrogens (tertiary/aromatic N) is 1. The second-order valence-electron chi connectivity index (χ2n) is 7.54. The molecule has 4 heteroatoms. The maximum absolute atomic E-state index is 13.3. The van der Waals surface area contributed by atoms with Crippen LogP contribution in [-0.2, 0) is 19.7 Å². The summed E-state index contributed by atoms with van der Waals surface area (Å²) in [7, 11) is 0. The SMILES string of the molecule is CC1(CN2CCOCC2)CC(c2ccccc2)(c2ccccc2)C(=O)O1. The summed E-state index contributed by atoms with van der Waals surface area (Å²) in [4.78, 5) is 15.6. The van der Waals surface area contributed by atoms with E-state index in [-0.39, 0.29) is 5.97 Å². The molecule has 0 aliphatic carbocycles. The maximum Gasteiger partial charge on any atom is 0.321 e. The highest BCUT2D eigenvalue weighted by atomic mass is 16.6. The Labute approximate surface area is 154 Å². The lowest BCUT2D eigenvalue weighted by atomic mass is 9.70. The lowest BCUT2D eigenvalue weighted by molar-refractivity contribution is -0.151. The van der Waals surface area contributed by atoms with Gasteiger partial charge in [-0.3, -0.25) is 9.69 Å². The van der Waals surface area contributed by atoms with Crippen molar-refractivity contribution in [1.29, 1.82) is 0 Å². The van der Waals surface area contributed by atoms with Crippen molar-refractivity contribution >= 4 is 5.97 Å².